The van der Waals surface area contributed by atoms with E-state index in [2.05, 4.69) is 36.1 Å². The molecule has 0 aromatic heterocycles. The van der Waals surface area contributed by atoms with Crippen molar-refractivity contribution in [1.82, 2.24) is 9.80 Å². The van der Waals surface area contributed by atoms with Crippen molar-refractivity contribution in [2.75, 3.05) is 40.6 Å². The molecule has 0 radical (unpaired) electrons. The summed E-state index contributed by atoms with van der Waals surface area (Å²) in [5.74, 6) is 2.95. The number of amides is 1. The van der Waals surface area contributed by atoms with E-state index in [0.29, 0.717) is 12.5 Å². The van der Waals surface area contributed by atoms with E-state index in [-0.39, 0.29) is 18.7 Å². The first-order valence-corrected chi connectivity index (χ1v) is 10.6. The largest absolute Gasteiger partial charge is 0.497 e. The number of nitrogens with zero attached hydrogens (tertiary/aromatic N) is 2. The van der Waals surface area contributed by atoms with Gasteiger partial charge in [0.15, 0.2) is 11.5 Å². The minimum absolute atomic E-state index is 0.158. The summed E-state index contributed by atoms with van der Waals surface area (Å²) in [5.41, 5.74) is 2.44. The normalized spacial score (nSPS) is 20.4. The molecule has 6 nitrogen and oxygen atoms in total. The molecule has 1 amide bonds. The molecule has 2 aromatic rings. The third-order valence-corrected chi connectivity index (χ3v) is 6.10. The van der Waals surface area contributed by atoms with Crippen molar-refractivity contribution in [3.05, 3.63) is 53.6 Å². The fourth-order valence-corrected chi connectivity index (χ4v) is 4.42. The lowest BCUT2D eigenvalue weighted by Gasteiger charge is -2.26. The lowest BCUT2D eigenvalue weighted by atomic mass is 9.93. The zero-order valence-electron chi connectivity index (χ0n) is 18.0. The van der Waals surface area contributed by atoms with E-state index in [1.165, 1.54) is 11.1 Å². The molecule has 2 aliphatic heterocycles. The van der Waals surface area contributed by atoms with Crippen LogP contribution < -0.4 is 14.2 Å². The average Bonchev–Trinajstić information content (AvgIpc) is 3.40. The highest BCUT2D eigenvalue weighted by Crippen LogP contribution is 2.43. The van der Waals surface area contributed by atoms with Gasteiger partial charge in [-0.05, 0) is 54.2 Å². The molecule has 2 heterocycles. The summed E-state index contributed by atoms with van der Waals surface area (Å²) in [6, 6.07) is 14.6. The summed E-state index contributed by atoms with van der Waals surface area (Å²) in [6.07, 6.45) is 1.92. The number of benzene rings is 2. The fraction of sp³-hybridized carbons (Fsp3) is 0.458. The standard InChI is InChI=1S/C24H30N2O4/c1-4-11-25(2)24(27)15-26-14-19(17-5-8-20(28-3)9-6-17)12-21(26)18-7-10-22-23(13-18)30-16-29-22/h5-10,13,19,21H,4,11-12,14-16H2,1-3H3. The van der Waals surface area contributed by atoms with E-state index in [1.807, 2.05) is 30.1 Å². The quantitative estimate of drug-likeness (QED) is 0.695. The van der Waals surface area contributed by atoms with E-state index in [0.717, 1.165) is 43.2 Å². The van der Waals surface area contributed by atoms with Crippen LogP contribution in [0.3, 0.4) is 0 Å². The lowest BCUT2D eigenvalue weighted by Crippen LogP contribution is -2.38. The third-order valence-electron chi connectivity index (χ3n) is 6.10. The van der Waals surface area contributed by atoms with Crippen LogP contribution in [0.4, 0.5) is 0 Å². The topological polar surface area (TPSA) is 51.2 Å². The molecule has 1 saturated heterocycles. The summed E-state index contributed by atoms with van der Waals surface area (Å²) in [4.78, 5) is 16.9. The Hall–Kier alpha value is -2.73. The highest BCUT2D eigenvalue weighted by Gasteiger charge is 2.36. The number of fused-ring (bicyclic) bond motifs is 1. The summed E-state index contributed by atoms with van der Waals surface area (Å²) in [7, 11) is 3.57. The predicted molar refractivity (Wildman–Crippen MR) is 115 cm³/mol. The zero-order chi connectivity index (χ0) is 21.1. The van der Waals surface area contributed by atoms with Crippen LogP contribution in [-0.4, -0.2) is 56.3 Å². The van der Waals surface area contributed by atoms with Gasteiger partial charge in [-0.15, -0.1) is 0 Å². The number of rotatable bonds is 7. The minimum Gasteiger partial charge on any atom is -0.497 e. The van der Waals surface area contributed by atoms with Crippen LogP contribution in [0, 0.1) is 0 Å². The Labute approximate surface area is 178 Å². The molecule has 0 aliphatic carbocycles. The summed E-state index contributed by atoms with van der Waals surface area (Å²) >= 11 is 0. The first-order chi connectivity index (χ1) is 14.6. The summed E-state index contributed by atoms with van der Waals surface area (Å²) in [5, 5.41) is 0. The van der Waals surface area contributed by atoms with Gasteiger partial charge in [0.25, 0.3) is 0 Å². The van der Waals surface area contributed by atoms with Crippen molar-refractivity contribution in [1.29, 1.82) is 0 Å². The number of hydrogen-bond acceptors (Lipinski definition) is 5. The Balaban J connectivity index is 1.57. The van der Waals surface area contributed by atoms with Gasteiger partial charge in [-0.1, -0.05) is 25.1 Å². The SMILES string of the molecule is CCCN(C)C(=O)CN1CC(c2ccc(OC)cc2)CC1c1ccc2c(c1)OCO2. The monoisotopic (exact) mass is 410 g/mol. The van der Waals surface area contributed by atoms with Crippen molar-refractivity contribution >= 4 is 5.91 Å². The molecular weight excluding hydrogens is 380 g/mol. The second-order valence-corrected chi connectivity index (χ2v) is 8.08. The van der Waals surface area contributed by atoms with Gasteiger partial charge in [0.2, 0.25) is 12.7 Å². The van der Waals surface area contributed by atoms with Gasteiger partial charge in [0.1, 0.15) is 5.75 Å². The smallest absolute Gasteiger partial charge is 0.236 e. The number of carbonyl (C=O) groups is 1. The van der Waals surface area contributed by atoms with Gasteiger partial charge >= 0.3 is 0 Å². The molecule has 160 valence electrons. The Morgan fingerprint density at radius 3 is 2.60 bits per heavy atom. The molecule has 6 heteroatoms. The molecule has 2 unspecified atom stereocenters. The van der Waals surface area contributed by atoms with Gasteiger partial charge < -0.3 is 19.1 Å². The first kappa shape index (κ1) is 20.5. The molecule has 2 atom stereocenters. The van der Waals surface area contributed by atoms with Crippen molar-refractivity contribution in [3.63, 3.8) is 0 Å². The highest BCUT2D eigenvalue weighted by atomic mass is 16.7. The van der Waals surface area contributed by atoms with Gasteiger partial charge in [-0.3, -0.25) is 9.69 Å². The van der Waals surface area contributed by atoms with Gasteiger partial charge in [0.05, 0.1) is 13.7 Å². The van der Waals surface area contributed by atoms with E-state index >= 15 is 0 Å². The van der Waals surface area contributed by atoms with Crippen molar-refractivity contribution in [3.8, 4) is 17.2 Å². The zero-order valence-corrected chi connectivity index (χ0v) is 18.0. The predicted octanol–water partition coefficient (Wildman–Crippen LogP) is 3.82. The molecule has 2 aliphatic rings. The van der Waals surface area contributed by atoms with Crippen LogP contribution in [0.1, 0.15) is 42.9 Å². The summed E-state index contributed by atoms with van der Waals surface area (Å²) in [6.45, 7) is 4.40. The Kier molecular flexibility index (Phi) is 6.13. The van der Waals surface area contributed by atoms with Crippen LogP contribution in [0.5, 0.6) is 17.2 Å². The van der Waals surface area contributed by atoms with E-state index < -0.39 is 0 Å². The van der Waals surface area contributed by atoms with Crippen LogP contribution in [0.15, 0.2) is 42.5 Å². The number of likely N-dealkylation sites (N-methyl/N-ethyl adjacent to an activating group) is 1. The molecule has 0 N–H and O–H groups in total. The third kappa shape index (κ3) is 4.24. The van der Waals surface area contributed by atoms with Crippen molar-refractivity contribution in [2.24, 2.45) is 0 Å². The minimum atomic E-state index is 0.158. The van der Waals surface area contributed by atoms with E-state index in [1.54, 1.807) is 7.11 Å². The van der Waals surface area contributed by atoms with E-state index in [9.17, 15) is 4.79 Å². The Bertz CT molecular complexity index is 883. The average molecular weight is 411 g/mol. The molecule has 0 spiro atoms. The van der Waals surface area contributed by atoms with Gasteiger partial charge in [-0.2, -0.15) is 0 Å². The van der Waals surface area contributed by atoms with Crippen LogP contribution in [0.2, 0.25) is 0 Å². The maximum Gasteiger partial charge on any atom is 0.236 e. The highest BCUT2D eigenvalue weighted by molar-refractivity contribution is 5.78. The maximum atomic E-state index is 12.8. The van der Waals surface area contributed by atoms with Crippen LogP contribution in [0.25, 0.3) is 0 Å². The summed E-state index contributed by atoms with van der Waals surface area (Å²) < 4.78 is 16.4. The number of ether oxygens (including phenoxy) is 3. The van der Waals surface area contributed by atoms with Gasteiger partial charge in [-0.25, -0.2) is 0 Å². The fourth-order valence-electron chi connectivity index (χ4n) is 4.42. The lowest BCUT2D eigenvalue weighted by molar-refractivity contribution is -0.131. The number of likely N-dealkylation sites (tertiary alicyclic amines) is 1. The van der Waals surface area contributed by atoms with Crippen molar-refractivity contribution < 1.29 is 19.0 Å². The van der Waals surface area contributed by atoms with Crippen LogP contribution >= 0.6 is 0 Å². The molecular formula is C24H30N2O4. The van der Waals surface area contributed by atoms with Gasteiger partial charge in [0, 0.05) is 26.2 Å². The number of hydrogen-bond donors (Lipinski definition) is 0. The van der Waals surface area contributed by atoms with Crippen molar-refractivity contribution in [2.45, 2.75) is 31.7 Å². The second kappa shape index (κ2) is 8.96. The van der Waals surface area contributed by atoms with Crippen LogP contribution in [-0.2, 0) is 4.79 Å². The Morgan fingerprint density at radius 2 is 1.87 bits per heavy atom. The molecule has 30 heavy (non-hydrogen) atoms. The molecule has 2 aromatic carbocycles. The number of carbonyl (C=O) groups excluding carboxylic acids is 1. The molecule has 0 bridgehead atoms. The second-order valence-electron chi connectivity index (χ2n) is 8.08. The molecule has 0 saturated carbocycles. The number of methoxy groups -OCH3 is 1. The maximum absolute atomic E-state index is 12.8. The Morgan fingerprint density at radius 1 is 1.13 bits per heavy atom. The molecule has 1 fully saturated rings. The van der Waals surface area contributed by atoms with E-state index in [4.69, 9.17) is 14.2 Å². The molecule has 4 rings (SSSR count). The first-order valence-electron chi connectivity index (χ1n) is 10.6.